The van der Waals surface area contributed by atoms with Gasteiger partial charge >= 0.3 is 0 Å². The molecule has 2 atom stereocenters. The second-order valence-corrected chi connectivity index (χ2v) is 3.60. The molecule has 1 rings (SSSR count). The number of aliphatic hydroxyl groups is 1. The molecule has 1 aromatic rings. The van der Waals surface area contributed by atoms with Crippen LogP contribution < -0.4 is 4.74 Å². The average Bonchev–Trinajstić information content (AvgIpc) is 2.17. The highest BCUT2D eigenvalue weighted by Crippen LogP contribution is 2.21. The average molecular weight is 194 g/mol. The summed E-state index contributed by atoms with van der Waals surface area (Å²) in [5.41, 5.74) is 1.31. The molecule has 0 amide bonds. The summed E-state index contributed by atoms with van der Waals surface area (Å²) in [5, 5.41) is 9.01. The Morgan fingerprint density at radius 2 is 1.79 bits per heavy atom. The molecule has 0 saturated heterocycles. The first-order valence-electron chi connectivity index (χ1n) is 5.08. The summed E-state index contributed by atoms with van der Waals surface area (Å²) in [6.45, 7) is 5.97. The molecule has 78 valence electrons. The largest absolute Gasteiger partial charge is 0.465 e. The maximum absolute atomic E-state index is 9.01. The predicted octanol–water partition coefficient (Wildman–Crippen LogP) is 2.92. The van der Waals surface area contributed by atoms with Gasteiger partial charge in [0.25, 0.3) is 0 Å². The van der Waals surface area contributed by atoms with Crippen molar-refractivity contribution in [2.45, 2.75) is 39.4 Å². The summed E-state index contributed by atoms with van der Waals surface area (Å²) in [6, 6.07) is 7.89. The monoisotopic (exact) mass is 194 g/mol. The van der Waals surface area contributed by atoms with Crippen LogP contribution in [0.4, 0.5) is 0 Å². The lowest BCUT2D eigenvalue weighted by atomic mass is 9.99. The quantitative estimate of drug-likeness (QED) is 0.747. The molecule has 0 spiro atoms. The van der Waals surface area contributed by atoms with E-state index in [1.807, 2.05) is 24.3 Å². The van der Waals surface area contributed by atoms with Crippen LogP contribution in [0.5, 0.6) is 5.75 Å². The van der Waals surface area contributed by atoms with Crippen LogP contribution in [0.3, 0.4) is 0 Å². The molecule has 0 radical (unpaired) electrons. The molecular formula is C12H18O2. The molecule has 0 aliphatic rings. The molecule has 2 nitrogen and oxygen atoms in total. The van der Waals surface area contributed by atoms with E-state index in [0.717, 1.165) is 6.42 Å². The van der Waals surface area contributed by atoms with Gasteiger partial charge in [-0.1, -0.05) is 26.0 Å². The van der Waals surface area contributed by atoms with E-state index in [1.165, 1.54) is 5.56 Å². The number of hydrogen-bond acceptors (Lipinski definition) is 2. The maximum atomic E-state index is 9.01. The summed E-state index contributed by atoms with van der Waals surface area (Å²) in [7, 11) is 0. The van der Waals surface area contributed by atoms with Gasteiger partial charge in [-0.05, 0) is 37.0 Å². The Hall–Kier alpha value is -1.02. The molecular weight excluding hydrogens is 176 g/mol. The molecule has 0 saturated carbocycles. The van der Waals surface area contributed by atoms with E-state index >= 15 is 0 Å². The normalized spacial score (nSPS) is 14.9. The first-order valence-corrected chi connectivity index (χ1v) is 5.08. The van der Waals surface area contributed by atoms with Crippen LogP contribution in [0.2, 0.25) is 0 Å². The Balaban J connectivity index is 2.68. The van der Waals surface area contributed by atoms with Gasteiger partial charge in [0.2, 0.25) is 0 Å². The lowest BCUT2D eigenvalue weighted by Crippen LogP contribution is -2.09. The van der Waals surface area contributed by atoms with Crippen molar-refractivity contribution in [2.75, 3.05) is 0 Å². The van der Waals surface area contributed by atoms with Gasteiger partial charge in [-0.3, -0.25) is 0 Å². The predicted molar refractivity (Wildman–Crippen MR) is 57.5 cm³/mol. The zero-order valence-electron chi connectivity index (χ0n) is 9.03. The molecule has 0 bridgehead atoms. The topological polar surface area (TPSA) is 29.5 Å². The van der Waals surface area contributed by atoms with E-state index < -0.39 is 6.29 Å². The Bertz CT molecular complexity index is 264. The second-order valence-electron chi connectivity index (χ2n) is 3.60. The number of rotatable bonds is 4. The van der Waals surface area contributed by atoms with E-state index in [-0.39, 0.29) is 0 Å². The zero-order valence-corrected chi connectivity index (χ0v) is 9.03. The van der Waals surface area contributed by atoms with Gasteiger partial charge in [-0.15, -0.1) is 0 Å². The van der Waals surface area contributed by atoms with Gasteiger partial charge in [0.05, 0.1) is 0 Å². The third kappa shape index (κ3) is 3.04. The lowest BCUT2D eigenvalue weighted by molar-refractivity contribution is -0.000304. The van der Waals surface area contributed by atoms with Gasteiger partial charge < -0.3 is 9.84 Å². The Labute approximate surface area is 85.5 Å². The first kappa shape index (κ1) is 11.1. The Morgan fingerprint density at radius 3 is 2.21 bits per heavy atom. The number of ether oxygens (including phenoxy) is 1. The Kier molecular flexibility index (Phi) is 3.96. The summed E-state index contributed by atoms with van der Waals surface area (Å²) in [4.78, 5) is 0. The fraction of sp³-hybridized carbons (Fsp3) is 0.500. The first-order chi connectivity index (χ1) is 6.63. The third-order valence-electron chi connectivity index (χ3n) is 2.37. The van der Waals surface area contributed by atoms with Crippen molar-refractivity contribution in [3.63, 3.8) is 0 Å². The van der Waals surface area contributed by atoms with Crippen molar-refractivity contribution in [1.29, 1.82) is 0 Å². The minimum atomic E-state index is -0.746. The summed E-state index contributed by atoms with van der Waals surface area (Å²) in [6.07, 6.45) is 0.390. The summed E-state index contributed by atoms with van der Waals surface area (Å²) >= 11 is 0. The third-order valence-corrected chi connectivity index (χ3v) is 2.37. The molecule has 1 aromatic carbocycles. The van der Waals surface area contributed by atoms with E-state index in [0.29, 0.717) is 11.7 Å². The fourth-order valence-electron chi connectivity index (χ4n) is 1.31. The van der Waals surface area contributed by atoms with Gasteiger partial charge in [0, 0.05) is 0 Å². The molecule has 1 unspecified atom stereocenters. The molecule has 0 fully saturated rings. The van der Waals surface area contributed by atoms with Crippen LogP contribution in [-0.4, -0.2) is 11.4 Å². The van der Waals surface area contributed by atoms with Crippen LogP contribution in [0, 0.1) is 0 Å². The van der Waals surface area contributed by atoms with Crippen molar-refractivity contribution in [3.8, 4) is 5.75 Å². The SMILES string of the molecule is CCC(C)c1ccc(O[C@@H](C)O)cc1. The highest BCUT2D eigenvalue weighted by Gasteiger charge is 2.03. The van der Waals surface area contributed by atoms with Crippen molar-refractivity contribution in [2.24, 2.45) is 0 Å². The fourth-order valence-corrected chi connectivity index (χ4v) is 1.31. The van der Waals surface area contributed by atoms with Gasteiger partial charge in [-0.25, -0.2) is 0 Å². The number of aliphatic hydroxyl groups excluding tert-OH is 1. The molecule has 0 aromatic heterocycles. The number of hydrogen-bond donors (Lipinski definition) is 1. The van der Waals surface area contributed by atoms with E-state index in [1.54, 1.807) is 6.92 Å². The van der Waals surface area contributed by atoms with Crippen molar-refractivity contribution >= 4 is 0 Å². The minimum Gasteiger partial charge on any atom is -0.465 e. The van der Waals surface area contributed by atoms with Crippen molar-refractivity contribution < 1.29 is 9.84 Å². The highest BCUT2D eigenvalue weighted by atomic mass is 16.6. The van der Waals surface area contributed by atoms with Crippen LogP contribution in [0.25, 0.3) is 0 Å². The van der Waals surface area contributed by atoms with Crippen LogP contribution in [0.15, 0.2) is 24.3 Å². The molecule has 2 heteroatoms. The van der Waals surface area contributed by atoms with E-state index in [2.05, 4.69) is 13.8 Å². The van der Waals surface area contributed by atoms with Gasteiger partial charge in [-0.2, -0.15) is 0 Å². The van der Waals surface area contributed by atoms with Crippen molar-refractivity contribution in [3.05, 3.63) is 29.8 Å². The molecule has 14 heavy (non-hydrogen) atoms. The van der Waals surface area contributed by atoms with E-state index in [9.17, 15) is 0 Å². The second kappa shape index (κ2) is 5.01. The Morgan fingerprint density at radius 1 is 1.21 bits per heavy atom. The number of benzene rings is 1. The van der Waals surface area contributed by atoms with Crippen LogP contribution in [-0.2, 0) is 0 Å². The standard InChI is InChI=1S/C12H18O2/c1-4-9(2)11-5-7-12(8-6-11)14-10(3)13/h5-10,13H,4H2,1-3H3/t9?,10-/m0/s1. The molecule has 0 aliphatic carbocycles. The highest BCUT2D eigenvalue weighted by molar-refractivity contribution is 5.29. The minimum absolute atomic E-state index is 0.579. The van der Waals surface area contributed by atoms with Crippen LogP contribution in [0.1, 0.15) is 38.7 Å². The van der Waals surface area contributed by atoms with Gasteiger partial charge in [0.15, 0.2) is 6.29 Å². The zero-order chi connectivity index (χ0) is 10.6. The lowest BCUT2D eigenvalue weighted by Gasteiger charge is -2.11. The maximum Gasteiger partial charge on any atom is 0.194 e. The smallest absolute Gasteiger partial charge is 0.194 e. The summed E-state index contributed by atoms with van der Waals surface area (Å²) in [5.74, 6) is 1.29. The summed E-state index contributed by atoms with van der Waals surface area (Å²) < 4.78 is 5.14. The van der Waals surface area contributed by atoms with E-state index in [4.69, 9.17) is 9.84 Å². The van der Waals surface area contributed by atoms with Gasteiger partial charge in [0.1, 0.15) is 5.75 Å². The van der Waals surface area contributed by atoms with Crippen LogP contribution >= 0.6 is 0 Å². The molecule has 0 heterocycles. The molecule has 0 aliphatic heterocycles. The van der Waals surface area contributed by atoms with Crippen molar-refractivity contribution in [1.82, 2.24) is 0 Å². The molecule has 1 N–H and O–H groups in total.